The summed E-state index contributed by atoms with van der Waals surface area (Å²) in [7, 11) is 0. The molecular weight excluding hydrogens is 416 g/mol. The summed E-state index contributed by atoms with van der Waals surface area (Å²) in [6.45, 7) is 5.61. The lowest BCUT2D eigenvalue weighted by Crippen LogP contribution is -2.31. The Labute approximate surface area is 188 Å². The maximum atomic E-state index is 12.9. The normalized spacial score (nSPS) is 21.2. The molecule has 0 radical (unpaired) electrons. The molecule has 2 aromatic rings. The third-order valence-electron chi connectivity index (χ3n) is 5.93. The van der Waals surface area contributed by atoms with E-state index >= 15 is 0 Å². The average molecular weight is 445 g/mol. The van der Waals surface area contributed by atoms with Gasteiger partial charge in [-0.05, 0) is 61.9 Å². The number of ether oxygens (including phenoxy) is 1. The zero-order valence-electron chi connectivity index (χ0n) is 17.4. The lowest BCUT2D eigenvalue weighted by molar-refractivity contribution is 0.0945. The molecule has 4 rings (SSSR count). The van der Waals surface area contributed by atoms with Gasteiger partial charge in [-0.15, -0.1) is 11.8 Å². The Balaban J connectivity index is 1.31. The van der Waals surface area contributed by atoms with Crippen molar-refractivity contribution in [1.82, 2.24) is 5.32 Å². The highest BCUT2D eigenvalue weighted by molar-refractivity contribution is 7.99. The van der Waals surface area contributed by atoms with E-state index in [1.165, 1.54) is 11.3 Å². The van der Waals surface area contributed by atoms with Crippen molar-refractivity contribution in [2.75, 3.05) is 36.9 Å². The van der Waals surface area contributed by atoms with Crippen LogP contribution in [0.1, 0.15) is 35.2 Å². The van der Waals surface area contributed by atoms with E-state index in [-0.39, 0.29) is 5.91 Å². The molecule has 1 amide bonds. The van der Waals surface area contributed by atoms with Gasteiger partial charge < -0.3 is 15.0 Å². The number of hydrogen-bond donors (Lipinski definition) is 1. The van der Waals surface area contributed by atoms with E-state index in [1.54, 1.807) is 11.8 Å². The number of carbonyl (C=O) groups is 1. The molecule has 0 bridgehead atoms. The van der Waals surface area contributed by atoms with E-state index in [1.807, 2.05) is 36.4 Å². The van der Waals surface area contributed by atoms with Crippen LogP contribution in [0.25, 0.3) is 0 Å². The minimum absolute atomic E-state index is 0.0165. The Kier molecular flexibility index (Phi) is 7.24. The van der Waals surface area contributed by atoms with Gasteiger partial charge in [-0.1, -0.05) is 29.8 Å². The zero-order chi connectivity index (χ0) is 20.9. The van der Waals surface area contributed by atoms with E-state index in [0.717, 1.165) is 60.2 Å². The highest BCUT2D eigenvalue weighted by atomic mass is 35.5. The van der Waals surface area contributed by atoms with Crippen LogP contribution in [0.2, 0.25) is 5.02 Å². The molecule has 1 N–H and O–H groups in total. The van der Waals surface area contributed by atoms with Crippen LogP contribution in [0.15, 0.2) is 47.4 Å². The Morgan fingerprint density at radius 3 is 2.97 bits per heavy atom. The molecule has 6 heteroatoms. The van der Waals surface area contributed by atoms with E-state index in [2.05, 4.69) is 23.2 Å². The van der Waals surface area contributed by atoms with Crippen LogP contribution in [-0.2, 0) is 4.74 Å². The quantitative estimate of drug-likeness (QED) is 0.598. The molecule has 0 spiro atoms. The highest BCUT2D eigenvalue weighted by Gasteiger charge is 2.25. The second-order valence-corrected chi connectivity index (χ2v) is 9.68. The van der Waals surface area contributed by atoms with Crippen molar-refractivity contribution in [3.05, 3.63) is 58.6 Å². The van der Waals surface area contributed by atoms with Crippen molar-refractivity contribution < 1.29 is 9.53 Å². The molecule has 2 saturated heterocycles. The van der Waals surface area contributed by atoms with Crippen molar-refractivity contribution in [1.29, 1.82) is 0 Å². The van der Waals surface area contributed by atoms with Gasteiger partial charge >= 0.3 is 0 Å². The first-order chi connectivity index (χ1) is 14.6. The second-order valence-electron chi connectivity index (χ2n) is 8.18. The molecule has 2 unspecified atom stereocenters. The molecule has 2 aliphatic rings. The number of anilines is 1. The fraction of sp³-hybridized carbons (Fsp3) is 0.458. The van der Waals surface area contributed by atoms with Gasteiger partial charge in [0.2, 0.25) is 0 Å². The zero-order valence-corrected chi connectivity index (χ0v) is 19.0. The number of amides is 1. The predicted molar refractivity (Wildman–Crippen MR) is 125 cm³/mol. The van der Waals surface area contributed by atoms with Crippen molar-refractivity contribution in [3.63, 3.8) is 0 Å². The molecule has 0 aliphatic carbocycles. The number of rotatable bonds is 7. The van der Waals surface area contributed by atoms with E-state index < -0.39 is 0 Å². The van der Waals surface area contributed by atoms with Crippen LogP contribution in [0.5, 0.6) is 0 Å². The van der Waals surface area contributed by atoms with Crippen LogP contribution in [0.4, 0.5) is 5.69 Å². The van der Waals surface area contributed by atoms with Gasteiger partial charge in [0.15, 0.2) is 0 Å². The Bertz CT molecular complexity index is 885. The van der Waals surface area contributed by atoms with E-state index in [0.29, 0.717) is 18.6 Å². The van der Waals surface area contributed by atoms with Gasteiger partial charge in [-0.3, -0.25) is 4.79 Å². The molecule has 30 heavy (non-hydrogen) atoms. The number of carbonyl (C=O) groups excluding carboxylic acids is 1. The van der Waals surface area contributed by atoms with Gasteiger partial charge in [-0.25, -0.2) is 0 Å². The third-order valence-corrected chi connectivity index (χ3v) is 7.37. The molecule has 2 heterocycles. The van der Waals surface area contributed by atoms with Gasteiger partial charge in [0.05, 0.1) is 11.7 Å². The molecule has 4 nitrogen and oxygen atoms in total. The van der Waals surface area contributed by atoms with Gasteiger partial charge in [0, 0.05) is 47.6 Å². The molecule has 160 valence electrons. The number of nitrogens with one attached hydrogen (secondary N) is 1. The largest absolute Gasteiger partial charge is 0.377 e. The minimum atomic E-state index is 0.0165. The Morgan fingerprint density at radius 1 is 1.27 bits per heavy atom. The summed E-state index contributed by atoms with van der Waals surface area (Å²) in [5.74, 6) is 1.36. The maximum absolute atomic E-state index is 12.9. The third kappa shape index (κ3) is 5.32. The molecule has 2 atom stereocenters. The van der Waals surface area contributed by atoms with Crippen LogP contribution < -0.4 is 10.2 Å². The van der Waals surface area contributed by atoms with Crippen molar-refractivity contribution >= 4 is 35.0 Å². The van der Waals surface area contributed by atoms with E-state index in [9.17, 15) is 4.79 Å². The first-order valence-electron chi connectivity index (χ1n) is 10.7. The van der Waals surface area contributed by atoms with Crippen LogP contribution >= 0.6 is 23.4 Å². The van der Waals surface area contributed by atoms with Gasteiger partial charge in [0.25, 0.3) is 5.91 Å². The topological polar surface area (TPSA) is 41.6 Å². The molecule has 0 aromatic heterocycles. The average Bonchev–Trinajstić information content (AvgIpc) is 3.44. The minimum Gasteiger partial charge on any atom is -0.377 e. The molecule has 2 aliphatic heterocycles. The number of benzene rings is 2. The smallest absolute Gasteiger partial charge is 0.252 e. The summed E-state index contributed by atoms with van der Waals surface area (Å²) in [4.78, 5) is 16.3. The number of hydrogen-bond acceptors (Lipinski definition) is 4. The number of aryl methyl sites for hydroxylation is 1. The van der Waals surface area contributed by atoms with Gasteiger partial charge in [0.1, 0.15) is 0 Å². The van der Waals surface area contributed by atoms with Crippen LogP contribution in [0.3, 0.4) is 0 Å². The molecule has 0 saturated carbocycles. The van der Waals surface area contributed by atoms with E-state index in [4.69, 9.17) is 16.3 Å². The molecular formula is C24H29ClN2O2S. The summed E-state index contributed by atoms with van der Waals surface area (Å²) in [6.07, 6.45) is 3.64. The highest BCUT2D eigenvalue weighted by Crippen LogP contribution is 2.30. The Hall–Kier alpha value is -1.69. The SMILES string of the molecule is Cc1ccc(Cl)cc1N1CCC(CNC(=O)c2ccccc2SCC2CCCO2)C1. The van der Waals surface area contributed by atoms with Crippen LogP contribution in [0, 0.1) is 12.8 Å². The summed E-state index contributed by atoms with van der Waals surface area (Å²) >= 11 is 7.92. The number of nitrogens with zero attached hydrogens (tertiary/aromatic N) is 1. The number of halogens is 1. The molecule has 2 fully saturated rings. The fourth-order valence-corrected chi connectivity index (χ4v) is 5.50. The predicted octanol–water partition coefficient (Wildman–Crippen LogP) is 5.18. The second kappa shape index (κ2) is 10.1. The lowest BCUT2D eigenvalue weighted by atomic mass is 10.1. The van der Waals surface area contributed by atoms with Crippen molar-refractivity contribution in [3.8, 4) is 0 Å². The molecule has 2 aromatic carbocycles. The fourth-order valence-electron chi connectivity index (χ4n) is 4.21. The first-order valence-corrected chi connectivity index (χ1v) is 12.1. The maximum Gasteiger partial charge on any atom is 0.252 e. The van der Waals surface area contributed by atoms with Crippen molar-refractivity contribution in [2.45, 2.75) is 37.2 Å². The number of thioether (sulfide) groups is 1. The Morgan fingerprint density at radius 2 is 2.13 bits per heavy atom. The summed E-state index contributed by atoms with van der Waals surface area (Å²) < 4.78 is 5.72. The summed E-state index contributed by atoms with van der Waals surface area (Å²) in [5, 5.41) is 3.94. The summed E-state index contributed by atoms with van der Waals surface area (Å²) in [5.41, 5.74) is 3.20. The monoisotopic (exact) mass is 444 g/mol. The van der Waals surface area contributed by atoms with Crippen molar-refractivity contribution in [2.24, 2.45) is 5.92 Å². The van der Waals surface area contributed by atoms with Crippen LogP contribution in [-0.4, -0.2) is 44.0 Å². The van der Waals surface area contributed by atoms with Gasteiger partial charge in [-0.2, -0.15) is 0 Å². The first kappa shape index (κ1) is 21.5. The lowest BCUT2D eigenvalue weighted by Gasteiger charge is -2.21. The standard InChI is InChI=1S/C24H29ClN2O2S/c1-17-8-9-19(25)13-22(17)27-11-10-18(15-27)14-26-24(28)21-6-2-3-7-23(21)30-16-20-5-4-12-29-20/h2-3,6-9,13,18,20H,4-5,10-12,14-16H2,1H3,(H,26,28). The summed E-state index contributed by atoms with van der Waals surface area (Å²) in [6, 6.07) is 13.9.